The fourth-order valence-electron chi connectivity index (χ4n) is 3.82. The third-order valence-electron chi connectivity index (χ3n) is 4.72. The molecular formula is C19H26N2. The largest absolute Gasteiger partial charge is 0.319 e. The molecule has 3 rings (SSSR count). The predicted octanol–water partition coefficient (Wildman–Crippen LogP) is 3.83. The molecule has 1 fully saturated rings. The normalized spacial score (nSPS) is 23.0. The highest BCUT2D eigenvalue weighted by atomic mass is 15.2. The van der Waals surface area contributed by atoms with Gasteiger partial charge in [-0.15, -0.1) is 0 Å². The average molecular weight is 282 g/mol. The first kappa shape index (κ1) is 14.6. The molecule has 1 N–H and O–H groups in total. The van der Waals surface area contributed by atoms with Crippen LogP contribution in [0.1, 0.15) is 31.4 Å². The maximum Gasteiger partial charge on any atom is 0.0389 e. The van der Waals surface area contributed by atoms with Crippen molar-refractivity contribution < 1.29 is 0 Å². The number of likely N-dealkylation sites (tertiary alicyclic amines) is 1. The Balaban J connectivity index is 1.95. The molecule has 2 aromatic rings. The Bertz CT molecular complexity index is 579. The van der Waals surface area contributed by atoms with Gasteiger partial charge in [-0.3, -0.25) is 4.90 Å². The summed E-state index contributed by atoms with van der Waals surface area (Å²) in [5, 5.41) is 6.08. The van der Waals surface area contributed by atoms with Gasteiger partial charge < -0.3 is 5.32 Å². The molecule has 1 aliphatic heterocycles. The molecule has 2 unspecified atom stereocenters. The van der Waals surface area contributed by atoms with Crippen molar-refractivity contribution in [1.82, 2.24) is 10.2 Å². The van der Waals surface area contributed by atoms with Gasteiger partial charge in [-0.1, -0.05) is 43.3 Å². The molecule has 0 saturated carbocycles. The van der Waals surface area contributed by atoms with E-state index in [9.17, 15) is 0 Å². The second kappa shape index (κ2) is 6.59. The van der Waals surface area contributed by atoms with Gasteiger partial charge in [-0.25, -0.2) is 0 Å². The summed E-state index contributed by atoms with van der Waals surface area (Å²) in [6, 6.07) is 16.3. The second-order valence-electron chi connectivity index (χ2n) is 6.19. The molecule has 0 aliphatic carbocycles. The van der Waals surface area contributed by atoms with Crippen molar-refractivity contribution in [3.63, 3.8) is 0 Å². The van der Waals surface area contributed by atoms with Crippen molar-refractivity contribution >= 4 is 10.8 Å². The molecule has 0 amide bonds. The number of nitrogens with zero attached hydrogens (tertiary/aromatic N) is 1. The second-order valence-corrected chi connectivity index (χ2v) is 6.19. The van der Waals surface area contributed by atoms with Crippen molar-refractivity contribution in [3.05, 3.63) is 48.0 Å². The minimum Gasteiger partial charge on any atom is -0.319 e. The standard InChI is InChI=1S/C19H26N2/c1-3-11-21-12-10-18(14-20-2)19(21)17-9-8-15-6-4-5-7-16(15)13-17/h4-9,13,18-20H,3,10-12,14H2,1-2H3. The van der Waals surface area contributed by atoms with E-state index < -0.39 is 0 Å². The number of benzene rings is 2. The fourth-order valence-corrected chi connectivity index (χ4v) is 3.82. The number of fused-ring (bicyclic) bond motifs is 1. The molecule has 112 valence electrons. The van der Waals surface area contributed by atoms with Gasteiger partial charge >= 0.3 is 0 Å². The lowest BCUT2D eigenvalue weighted by atomic mass is 9.92. The van der Waals surface area contributed by atoms with Crippen LogP contribution in [-0.2, 0) is 0 Å². The van der Waals surface area contributed by atoms with Gasteiger partial charge in [-0.2, -0.15) is 0 Å². The van der Waals surface area contributed by atoms with E-state index >= 15 is 0 Å². The van der Waals surface area contributed by atoms with Gasteiger partial charge in [0.15, 0.2) is 0 Å². The van der Waals surface area contributed by atoms with Gasteiger partial charge in [0.1, 0.15) is 0 Å². The molecule has 2 nitrogen and oxygen atoms in total. The average Bonchev–Trinajstić information content (AvgIpc) is 2.90. The van der Waals surface area contributed by atoms with Crippen LogP contribution in [0, 0.1) is 5.92 Å². The first-order chi connectivity index (χ1) is 10.3. The molecule has 2 atom stereocenters. The Morgan fingerprint density at radius 1 is 1.14 bits per heavy atom. The lowest BCUT2D eigenvalue weighted by Gasteiger charge is -2.28. The predicted molar refractivity (Wildman–Crippen MR) is 90.6 cm³/mol. The number of nitrogens with one attached hydrogen (secondary N) is 1. The molecule has 0 spiro atoms. The molecule has 0 aromatic heterocycles. The molecule has 2 aromatic carbocycles. The molecular weight excluding hydrogens is 256 g/mol. The van der Waals surface area contributed by atoms with Crippen LogP contribution in [0.3, 0.4) is 0 Å². The van der Waals surface area contributed by atoms with Crippen molar-refractivity contribution in [1.29, 1.82) is 0 Å². The topological polar surface area (TPSA) is 15.3 Å². The maximum absolute atomic E-state index is 3.38. The lowest BCUT2D eigenvalue weighted by molar-refractivity contribution is 0.227. The fraction of sp³-hybridized carbons (Fsp3) is 0.474. The molecule has 2 heteroatoms. The van der Waals surface area contributed by atoms with Crippen molar-refractivity contribution in [2.45, 2.75) is 25.8 Å². The molecule has 1 heterocycles. The van der Waals surface area contributed by atoms with Crippen LogP contribution < -0.4 is 5.32 Å². The van der Waals surface area contributed by atoms with Crippen LogP contribution in [0.4, 0.5) is 0 Å². The van der Waals surface area contributed by atoms with Crippen LogP contribution in [-0.4, -0.2) is 31.6 Å². The van der Waals surface area contributed by atoms with E-state index in [1.165, 1.54) is 42.3 Å². The summed E-state index contributed by atoms with van der Waals surface area (Å²) in [6.07, 6.45) is 2.54. The lowest BCUT2D eigenvalue weighted by Crippen LogP contribution is -2.29. The third kappa shape index (κ3) is 2.97. The number of hydrogen-bond acceptors (Lipinski definition) is 2. The number of rotatable bonds is 5. The Kier molecular flexibility index (Phi) is 4.57. The summed E-state index contributed by atoms with van der Waals surface area (Å²) in [5.74, 6) is 0.725. The smallest absolute Gasteiger partial charge is 0.0389 e. The number of hydrogen-bond donors (Lipinski definition) is 1. The summed E-state index contributed by atoms with van der Waals surface area (Å²) in [7, 11) is 2.07. The van der Waals surface area contributed by atoms with E-state index in [2.05, 4.69) is 66.7 Å². The highest BCUT2D eigenvalue weighted by Gasteiger charge is 2.34. The third-order valence-corrected chi connectivity index (χ3v) is 4.72. The van der Waals surface area contributed by atoms with Gasteiger partial charge in [0.25, 0.3) is 0 Å². The highest BCUT2D eigenvalue weighted by Crippen LogP contribution is 2.37. The first-order valence-electron chi connectivity index (χ1n) is 8.21. The Morgan fingerprint density at radius 3 is 2.71 bits per heavy atom. The zero-order valence-electron chi connectivity index (χ0n) is 13.2. The van der Waals surface area contributed by atoms with E-state index in [0.717, 1.165) is 12.5 Å². The quantitative estimate of drug-likeness (QED) is 0.896. The minimum absolute atomic E-state index is 0.571. The molecule has 1 saturated heterocycles. The zero-order chi connectivity index (χ0) is 14.7. The van der Waals surface area contributed by atoms with Gasteiger partial charge in [0.2, 0.25) is 0 Å². The van der Waals surface area contributed by atoms with E-state index in [1.54, 1.807) is 0 Å². The maximum atomic E-state index is 3.38. The van der Waals surface area contributed by atoms with Gasteiger partial charge in [0.05, 0.1) is 0 Å². The van der Waals surface area contributed by atoms with Crippen molar-refractivity contribution in [2.24, 2.45) is 5.92 Å². The Labute approximate surface area is 128 Å². The van der Waals surface area contributed by atoms with Crippen LogP contribution in [0.2, 0.25) is 0 Å². The van der Waals surface area contributed by atoms with Gasteiger partial charge in [-0.05, 0) is 67.8 Å². The van der Waals surface area contributed by atoms with E-state index in [1.807, 2.05) is 0 Å². The van der Waals surface area contributed by atoms with Crippen molar-refractivity contribution in [2.75, 3.05) is 26.7 Å². The summed E-state index contributed by atoms with van der Waals surface area (Å²) >= 11 is 0. The van der Waals surface area contributed by atoms with Crippen LogP contribution in [0.25, 0.3) is 10.8 Å². The Morgan fingerprint density at radius 2 is 1.95 bits per heavy atom. The zero-order valence-corrected chi connectivity index (χ0v) is 13.2. The van der Waals surface area contributed by atoms with E-state index in [0.29, 0.717) is 6.04 Å². The molecule has 0 radical (unpaired) electrons. The van der Waals surface area contributed by atoms with Crippen LogP contribution >= 0.6 is 0 Å². The minimum atomic E-state index is 0.571. The van der Waals surface area contributed by atoms with Gasteiger partial charge in [0, 0.05) is 6.04 Å². The van der Waals surface area contributed by atoms with E-state index in [4.69, 9.17) is 0 Å². The van der Waals surface area contributed by atoms with E-state index in [-0.39, 0.29) is 0 Å². The molecule has 21 heavy (non-hydrogen) atoms. The monoisotopic (exact) mass is 282 g/mol. The Hall–Kier alpha value is -1.38. The summed E-state index contributed by atoms with van der Waals surface area (Å²) in [5.41, 5.74) is 1.49. The molecule has 0 bridgehead atoms. The van der Waals surface area contributed by atoms with Crippen LogP contribution in [0.15, 0.2) is 42.5 Å². The summed E-state index contributed by atoms with van der Waals surface area (Å²) in [6.45, 7) is 5.83. The molecule has 1 aliphatic rings. The van der Waals surface area contributed by atoms with Crippen LogP contribution in [0.5, 0.6) is 0 Å². The highest BCUT2D eigenvalue weighted by molar-refractivity contribution is 5.83. The first-order valence-corrected chi connectivity index (χ1v) is 8.21. The summed E-state index contributed by atoms with van der Waals surface area (Å²) < 4.78 is 0. The summed E-state index contributed by atoms with van der Waals surface area (Å²) in [4.78, 5) is 2.67. The van der Waals surface area contributed by atoms with Crippen molar-refractivity contribution in [3.8, 4) is 0 Å². The SMILES string of the molecule is CCCN1CCC(CNC)C1c1ccc2ccccc2c1.